The highest BCUT2D eigenvalue weighted by molar-refractivity contribution is 6.30. The number of likely N-dealkylation sites (N-methyl/N-ethyl adjacent to an activating group) is 1. The van der Waals surface area contributed by atoms with Gasteiger partial charge in [0.1, 0.15) is 12.4 Å². The quantitative estimate of drug-likeness (QED) is 0.258. The number of para-hydroxylation sites is 2. The number of hydrogen-bond donors (Lipinski definition) is 1. The van der Waals surface area contributed by atoms with Gasteiger partial charge in [-0.25, -0.2) is 4.39 Å². The molecule has 192 valence electrons. The summed E-state index contributed by atoms with van der Waals surface area (Å²) in [5.41, 5.74) is 4.92. The molecular weight excluding hydrogens is 513 g/mol. The van der Waals surface area contributed by atoms with Gasteiger partial charge in [-0.1, -0.05) is 60.1 Å². The predicted molar refractivity (Wildman–Crippen MR) is 153 cm³/mol. The molecule has 4 aromatic carbocycles. The van der Waals surface area contributed by atoms with E-state index in [4.69, 9.17) is 11.6 Å². The number of nitrogens with zero attached hydrogens (tertiary/aromatic N) is 2. The average molecular weight is 536 g/mol. The van der Waals surface area contributed by atoms with Crippen molar-refractivity contribution in [3.05, 3.63) is 135 Å². The van der Waals surface area contributed by atoms with E-state index in [0.717, 1.165) is 10.9 Å². The van der Waals surface area contributed by atoms with Gasteiger partial charge in [0.05, 0.1) is 17.0 Å². The molecule has 5 nitrogen and oxygen atoms in total. The molecule has 0 spiro atoms. The van der Waals surface area contributed by atoms with Gasteiger partial charge in [-0.2, -0.15) is 0 Å². The third-order valence-electron chi connectivity index (χ3n) is 7.09. The largest absolute Gasteiger partial charge is 0.357 e. The highest BCUT2D eigenvalue weighted by Gasteiger charge is 2.26. The smallest absolute Gasteiger partial charge is 0.248 e. The number of anilines is 1. The van der Waals surface area contributed by atoms with Crippen molar-refractivity contribution in [2.24, 2.45) is 4.99 Å². The van der Waals surface area contributed by atoms with Crippen molar-refractivity contribution in [3.8, 4) is 0 Å². The number of hydrogen-bond acceptors (Lipinski definition) is 3. The summed E-state index contributed by atoms with van der Waals surface area (Å²) in [4.78, 5) is 35.6. The van der Waals surface area contributed by atoms with Crippen LogP contribution >= 0.6 is 11.6 Å². The number of benzodiazepines with no additional fused rings is 1. The summed E-state index contributed by atoms with van der Waals surface area (Å²) in [5, 5.41) is 1.31. The lowest BCUT2D eigenvalue weighted by atomic mass is 9.94. The van der Waals surface area contributed by atoms with Gasteiger partial charge in [0.2, 0.25) is 5.91 Å². The van der Waals surface area contributed by atoms with Crippen LogP contribution in [-0.2, 0) is 11.2 Å². The van der Waals surface area contributed by atoms with Crippen molar-refractivity contribution in [1.29, 1.82) is 0 Å². The average Bonchev–Trinajstić information content (AvgIpc) is 3.26. The zero-order valence-corrected chi connectivity index (χ0v) is 21.8. The standard InChI is InChI=1S/C32H23ClFN3O2/c1-37-27-12-5-3-9-23(27)31(35-18-28(37)38)24-10-6-7-20(30(24)34)17-26-29(22-8-2-4-11-25(22)36-26)32(39)19-13-15-21(33)16-14-19/h2-16,36H,17-18H2,1H3. The van der Waals surface area contributed by atoms with Crippen LogP contribution in [0.2, 0.25) is 5.02 Å². The van der Waals surface area contributed by atoms with Gasteiger partial charge < -0.3 is 9.88 Å². The van der Waals surface area contributed by atoms with Crippen molar-refractivity contribution in [2.75, 3.05) is 18.5 Å². The van der Waals surface area contributed by atoms with E-state index in [1.807, 2.05) is 48.5 Å². The van der Waals surface area contributed by atoms with E-state index in [9.17, 15) is 9.59 Å². The molecular formula is C32H23ClFN3O2. The first kappa shape index (κ1) is 24.8. The number of H-pyrrole nitrogens is 1. The molecule has 7 heteroatoms. The lowest BCUT2D eigenvalue weighted by molar-refractivity contribution is -0.116. The second kappa shape index (κ2) is 9.97. The molecule has 0 atom stereocenters. The molecule has 0 fully saturated rings. The maximum atomic E-state index is 16.2. The Morgan fingerprint density at radius 3 is 2.49 bits per heavy atom. The number of fused-ring (bicyclic) bond motifs is 2. The number of benzene rings is 4. The molecule has 6 rings (SSSR count). The van der Waals surface area contributed by atoms with E-state index in [1.54, 1.807) is 54.4 Å². The van der Waals surface area contributed by atoms with Crippen molar-refractivity contribution in [1.82, 2.24) is 4.98 Å². The van der Waals surface area contributed by atoms with Gasteiger partial charge in [0.15, 0.2) is 5.78 Å². The molecule has 1 amide bonds. The topological polar surface area (TPSA) is 65.5 Å². The number of carbonyl (C=O) groups excluding carboxylic acids is 2. The Bertz CT molecular complexity index is 1790. The maximum Gasteiger partial charge on any atom is 0.248 e. The Kier molecular flexibility index (Phi) is 6.33. The molecule has 0 radical (unpaired) electrons. The fraction of sp³-hybridized carbons (Fsp3) is 0.0938. The van der Waals surface area contributed by atoms with Crippen molar-refractivity contribution in [3.63, 3.8) is 0 Å². The van der Waals surface area contributed by atoms with Crippen LogP contribution in [-0.4, -0.2) is 36.0 Å². The second-order valence-corrected chi connectivity index (χ2v) is 9.89. The monoisotopic (exact) mass is 535 g/mol. The van der Waals surface area contributed by atoms with Crippen LogP contribution in [0.4, 0.5) is 10.1 Å². The Balaban J connectivity index is 1.45. The lowest BCUT2D eigenvalue weighted by Gasteiger charge is -2.18. The highest BCUT2D eigenvalue weighted by Crippen LogP contribution is 2.31. The SMILES string of the molecule is CN1C(=O)CN=C(c2cccc(Cc3[nH]c4ccccc4c3C(=O)c3ccc(Cl)cc3)c2F)c2ccccc21. The van der Waals surface area contributed by atoms with E-state index >= 15 is 4.39 Å². The van der Waals surface area contributed by atoms with E-state index in [0.29, 0.717) is 49.9 Å². The summed E-state index contributed by atoms with van der Waals surface area (Å²) < 4.78 is 16.2. The fourth-order valence-electron chi connectivity index (χ4n) is 5.09. The number of halogens is 2. The van der Waals surface area contributed by atoms with Gasteiger partial charge in [-0.05, 0) is 48.0 Å². The minimum atomic E-state index is -0.438. The van der Waals surface area contributed by atoms with Crippen molar-refractivity contribution in [2.45, 2.75) is 6.42 Å². The molecule has 0 saturated carbocycles. The van der Waals surface area contributed by atoms with Crippen molar-refractivity contribution < 1.29 is 14.0 Å². The minimum Gasteiger partial charge on any atom is -0.357 e. The van der Waals surface area contributed by atoms with Gasteiger partial charge in [-0.3, -0.25) is 14.6 Å². The molecule has 1 N–H and O–H groups in total. The number of rotatable bonds is 5. The fourth-order valence-corrected chi connectivity index (χ4v) is 5.22. The normalized spacial score (nSPS) is 13.3. The summed E-state index contributed by atoms with van der Waals surface area (Å²) in [6.07, 6.45) is 0.163. The van der Waals surface area contributed by atoms with Crippen molar-refractivity contribution >= 4 is 45.6 Å². The number of aliphatic imine (C=N–C) groups is 1. The molecule has 0 saturated heterocycles. The van der Waals surface area contributed by atoms with Gasteiger partial charge in [0, 0.05) is 51.8 Å². The van der Waals surface area contributed by atoms with Crippen LogP contribution < -0.4 is 4.90 Å². The molecule has 1 aliphatic heterocycles. The first-order chi connectivity index (χ1) is 18.9. The third kappa shape index (κ3) is 4.43. The first-order valence-corrected chi connectivity index (χ1v) is 12.9. The number of carbonyl (C=O) groups is 2. The third-order valence-corrected chi connectivity index (χ3v) is 7.34. The number of amides is 1. The van der Waals surface area contributed by atoms with Gasteiger partial charge in [-0.15, -0.1) is 0 Å². The molecule has 2 heterocycles. The molecule has 0 aliphatic carbocycles. The molecule has 1 aliphatic rings. The Hall–Kier alpha value is -4.55. The zero-order chi connectivity index (χ0) is 27.1. The molecule has 0 bridgehead atoms. The van der Waals surface area contributed by atoms with Gasteiger partial charge >= 0.3 is 0 Å². The van der Waals surface area contributed by atoms with Crippen LogP contribution in [0.15, 0.2) is 96.0 Å². The zero-order valence-electron chi connectivity index (χ0n) is 21.0. The number of aromatic amines is 1. The summed E-state index contributed by atoms with van der Waals surface area (Å²) in [7, 11) is 1.70. The van der Waals surface area contributed by atoms with Crippen LogP contribution in [0.5, 0.6) is 0 Å². The van der Waals surface area contributed by atoms with E-state index in [-0.39, 0.29) is 24.7 Å². The van der Waals surface area contributed by atoms with E-state index in [2.05, 4.69) is 9.98 Å². The Morgan fingerprint density at radius 2 is 1.67 bits per heavy atom. The lowest BCUT2D eigenvalue weighted by Crippen LogP contribution is -2.27. The first-order valence-electron chi connectivity index (χ1n) is 12.5. The van der Waals surface area contributed by atoms with Gasteiger partial charge in [0.25, 0.3) is 0 Å². The molecule has 39 heavy (non-hydrogen) atoms. The molecule has 5 aromatic rings. The minimum absolute atomic E-state index is 0.0774. The van der Waals surface area contributed by atoms with Crippen LogP contribution in [0.1, 0.15) is 38.3 Å². The Morgan fingerprint density at radius 1 is 0.949 bits per heavy atom. The highest BCUT2D eigenvalue weighted by atomic mass is 35.5. The summed E-state index contributed by atoms with van der Waals surface area (Å²) in [5.74, 6) is -0.775. The van der Waals surface area contributed by atoms with E-state index < -0.39 is 5.82 Å². The number of ketones is 1. The summed E-state index contributed by atoms with van der Waals surface area (Å²) in [6.45, 7) is -0.0774. The van der Waals surface area contributed by atoms with Crippen LogP contribution in [0.3, 0.4) is 0 Å². The van der Waals surface area contributed by atoms with Crippen LogP contribution in [0.25, 0.3) is 10.9 Å². The molecule has 0 unspecified atom stereocenters. The van der Waals surface area contributed by atoms with Crippen LogP contribution in [0, 0.1) is 5.82 Å². The number of aromatic nitrogens is 1. The summed E-state index contributed by atoms with van der Waals surface area (Å²) in [6, 6.07) is 26.8. The second-order valence-electron chi connectivity index (χ2n) is 9.45. The van der Waals surface area contributed by atoms with E-state index in [1.165, 1.54) is 0 Å². The molecule has 1 aromatic heterocycles. The predicted octanol–water partition coefficient (Wildman–Crippen LogP) is 6.60. The summed E-state index contributed by atoms with van der Waals surface area (Å²) >= 11 is 6.04. The Labute approximate surface area is 229 Å². The number of nitrogens with one attached hydrogen (secondary N) is 1. The maximum absolute atomic E-state index is 16.2.